The number of fused-ring (bicyclic) bond motifs is 8. The van der Waals surface area contributed by atoms with Crippen molar-refractivity contribution in [2.45, 2.75) is 0 Å². The maximum absolute atomic E-state index is 9.59. The van der Waals surface area contributed by atoms with Crippen LogP contribution >= 0.6 is 11.3 Å². The summed E-state index contributed by atoms with van der Waals surface area (Å²) in [5.41, 5.74) is 10.6. The summed E-state index contributed by atoms with van der Waals surface area (Å²) in [7, 11) is 0. The van der Waals surface area contributed by atoms with Crippen LogP contribution in [0.1, 0.15) is 5.56 Å². The van der Waals surface area contributed by atoms with Crippen molar-refractivity contribution in [2.75, 3.05) is 0 Å². The maximum Gasteiger partial charge on any atom is 0.138 e. The van der Waals surface area contributed by atoms with Gasteiger partial charge in [-0.25, -0.2) is 4.98 Å². The molecule has 0 spiro atoms. The molecule has 0 unspecified atom stereocenters. The Kier molecular flexibility index (Phi) is 5.10. The molecule has 5 heteroatoms. The number of rotatable bonds is 3. The monoisotopic (exact) mass is 566 g/mol. The molecule has 0 fully saturated rings. The molecule has 0 bridgehead atoms. The quantitative estimate of drug-likeness (QED) is 0.214. The summed E-state index contributed by atoms with van der Waals surface area (Å²) in [6.07, 6.45) is 2.20. The van der Waals surface area contributed by atoms with Crippen molar-refractivity contribution in [3.8, 4) is 34.0 Å². The lowest BCUT2D eigenvalue weighted by molar-refractivity contribution is 1.18. The van der Waals surface area contributed by atoms with Gasteiger partial charge in [0.15, 0.2) is 0 Å². The predicted octanol–water partition coefficient (Wildman–Crippen LogP) is 10.0. The number of nitriles is 1. The number of para-hydroxylation sites is 1. The lowest BCUT2D eigenvalue weighted by Crippen LogP contribution is -1.93. The van der Waals surface area contributed by atoms with Crippen LogP contribution in [0, 0.1) is 11.3 Å². The van der Waals surface area contributed by atoms with E-state index in [4.69, 9.17) is 4.98 Å². The van der Waals surface area contributed by atoms with E-state index in [9.17, 15) is 5.26 Å². The molecule has 200 valence electrons. The molecule has 9 rings (SSSR count). The molecule has 0 saturated carbocycles. The second-order valence-corrected chi connectivity index (χ2v) is 11.9. The van der Waals surface area contributed by atoms with Gasteiger partial charge in [-0.15, -0.1) is 11.3 Å². The van der Waals surface area contributed by atoms with Crippen molar-refractivity contribution in [1.29, 1.82) is 5.26 Å². The zero-order chi connectivity index (χ0) is 28.5. The molecule has 9 aromatic rings. The largest absolute Gasteiger partial charge is 0.309 e. The highest BCUT2D eigenvalue weighted by molar-refractivity contribution is 7.25. The Morgan fingerprint density at radius 1 is 0.605 bits per heavy atom. The van der Waals surface area contributed by atoms with Crippen molar-refractivity contribution in [2.24, 2.45) is 0 Å². The molecule has 0 aliphatic heterocycles. The number of benzene rings is 5. The average Bonchev–Trinajstić information content (AvgIpc) is 3.72. The molecular formula is C38H22N4S. The SMILES string of the molecule is N#Cc1ccc2c3cc(-c4ccc(-c5ccc6nc7c8ccccc8sc7n6c5)cc4)ccc3n(-c3ccccc3)c2c1. The summed E-state index contributed by atoms with van der Waals surface area (Å²) >= 11 is 1.79. The van der Waals surface area contributed by atoms with Gasteiger partial charge in [-0.05, 0) is 76.9 Å². The first-order valence-electron chi connectivity index (χ1n) is 14.2. The highest BCUT2D eigenvalue weighted by atomic mass is 32.1. The lowest BCUT2D eigenvalue weighted by Gasteiger charge is -2.09. The van der Waals surface area contributed by atoms with E-state index in [-0.39, 0.29) is 0 Å². The van der Waals surface area contributed by atoms with Gasteiger partial charge in [0.2, 0.25) is 0 Å². The number of nitrogens with zero attached hydrogens (tertiary/aromatic N) is 4. The number of aromatic nitrogens is 3. The molecular weight excluding hydrogens is 545 g/mol. The van der Waals surface area contributed by atoms with Gasteiger partial charge in [-0.2, -0.15) is 5.26 Å². The Bertz CT molecular complexity index is 2560. The van der Waals surface area contributed by atoms with E-state index < -0.39 is 0 Å². The number of hydrogen-bond donors (Lipinski definition) is 0. The molecule has 0 N–H and O–H groups in total. The second kappa shape index (κ2) is 9.15. The van der Waals surface area contributed by atoms with Gasteiger partial charge in [0, 0.05) is 32.7 Å². The Hall–Kier alpha value is -5.70. The fraction of sp³-hybridized carbons (Fsp3) is 0. The third-order valence-corrected chi connectivity index (χ3v) is 9.54. The minimum atomic E-state index is 0.658. The number of hydrogen-bond acceptors (Lipinski definition) is 3. The predicted molar refractivity (Wildman–Crippen MR) is 178 cm³/mol. The highest BCUT2D eigenvalue weighted by Crippen LogP contribution is 2.37. The topological polar surface area (TPSA) is 46.0 Å². The zero-order valence-electron chi connectivity index (χ0n) is 22.9. The van der Waals surface area contributed by atoms with E-state index >= 15 is 0 Å². The molecule has 0 saturated heterocycles. The van der Waals surface area contributed by atoms with Crippen molar-refractivity contribution < 1.29 is 0 Å². The first-order valence-corrected chi connectivity index (χ1v) is 15.0. The molecule has 4 heterocycles. The molecule has 0 amide bonds. The van der Waals surface area contributed by atoms with Crippen LogP contribution in [-0.2, 0) is 0 Å². The van der Waals surface area contributed by atoms with Crippen LogP contribution in [0.2, 0.25) is 0 Å². The highest BCUT2D eigenvalue weighted by Gasteiger charge is 2.15. The standard InChI is InChI=1S/C38H22N4S/c39-22-24-10-17-30-32-21-27(15-18-33(32)42(34(30)20-24)29-6-2-1-3-7-29)25-11-13-26(14-12-25)28-16-19-36-40-37-31-8-4-5-9-35(31)43-38(37)41(36)23-28/h1-21,23H. The summed E-state index contributed by atoms with van der Waals surface area (Å²) in [6, 6.07) is 46.8. The van der Waals surface area contributed by atoms with E-state index in [0.717, 1.165) is 50.0 Å². The average molecular weight is 567 g/mol. The second-order valence-electron chi connectivity index (χ2n) is 10.8. The Morgan fingerprint density at radius 3 is 2.19 bits per heavy atom. The van der Waals surface area contributed by atoms with Crippen LogP contribution in [0.4, 0.5) is 0 Å². The van der Waals surface area contributed by atoms with Crippen LogP contribution in [0.15, 0.2) is 134 Å². The fourth-order valence-corrected chi connectivity index (χ4v) is 7.43. The third-order valence-electron chi connectivity index (χ3n) is 8.38. The first-order chi connectivity index (χ1) is 21.2. The molecule has 0 aliphatic rings. The molecule has 0 atom stereocenters. The molecule has 43 heavy (non-hydrogen) atoms. The van der Waals surface area contributed by atoms with E-state index in [2.05, 4.69) is 118 Å². The van der Waals surface area contributed by atoms with Crippen LogP contribution in [0.3, 0.4) is 0 Å². The van der Waals surface area contributed by atoms with E-state index in [0.29, 0.717) is 5.56 Å². The van der Waals surface area contributed by atoms with Crippen molar-refractivity contribution in [3.05, 3.63) is 139 Å². The molecule has 5 aromatic carbocycles. The Labute approximate surface area is 250 Å². The van der Waals surface area contributed by atoms with Gasteiger partial charge >= 0.3 is 0 Å². The van der Waals surface area contributed by atoms with Crippen molar-refractivity contribution in [1.82, 2.24) is 14.0 Å². The van der Waals surface area contributed by atoms with Gasteiger partial charge < -0.3 is 4.57 Å². The minimum Gasteiger partial charge on any atom is -0.309 e. The van der Waals surface area contributed by atoms with Crippen molar-refractivity contribution >= 4 is 59.2 Å². The number of imidazole rings is 1. The summed E-state index contributed by atoms with van der Waals surface area (Å²) in [5, 5.41) is 13.1. The van der Waals surface area contributed by atoms with E-state index in [1.165, 1.54) is 25.9 Å². The lowest BCUT2D eigenvalue weighted by atomic mass is 9.99. The van der Waals surface area contributed by atoms with Crippen molar-refractivity contribution in [3.63, 3.8) is 0 Å². The van der Waals surface area contributed by atoms with Gasteiger partial charge in [0.1, 0.15) is 16.0 Å². The Morgan fingerprint density at radius 2 is 1.35 bits per heavy atom. The van der Waals surface area contributed by atoms with E-state index in [1.54, 1.807) is 11.3 Å². The Balaban J connectivity index is 1.13. The van der Waals surface area contributed by atoms with Gasteiger partial charge in [-0.1, -0.05) is 72.8 Å². The summed E-state index contributed by atoms with van der Waals surface area (Å²) < 4.78 is 5.73. The van der Waals surface area contributed by atoms with E-state index in [1.807, 2.05) is 30.3 Å². The van der Waals surface area contributed by atoms with Gasteiger partial charge in [-0.3, -0.25) is 4.40 Å². The smallest absolute Gasteiger partial charge is 0.138 e. The zero-order valence-corrected chi connectivity index (χ0v) is 23.7. The van der Waals surface area contributed by atoms with Crippen LogP contribution < -0.4 is 0 Å². The number of thiophene rings is 1. The van der Waals surface area contributed by atoms with Crippen LogP contribution in [-0.4, -0.2) is 14.0 Å². The summed E-state index contributed by atoms with van der Waals surface area (Å²) in [4.78, 5) is 6.10. The van der Waals surface area contributed by atoms with Crippen LogP contribution in [0.5, 0.6) is 0 Å². The molecule has 0 radical (unpaired) electrons. The molecule has 4 aromatic heterocycles. The van der Waals surface area contributed by atoms with Gasteiger partial charge in [0.25, 0.3) is 0 Å². The number of pyridine rings is 1. The molecule has 0 aliphatic carbocycles. The normalized spacial score (nSPS) is 11.7. The summed E-state index contributed by atoms with van der Waals surface area (Å²) in [6.45, 7) is 0. The summed E-state index contributed by atoms with van der Waals surface area (Å²) in [5.74, 6) is 0. The van der Waals surface area contributed by atoms with Gasteiger partial charge in [0.05, 0.1) is 22.7 Å². The minimum absolute atomic E-state index is 0.658. The fourth-order valence-electron chi connectivity index (χ4n) is 6.30. The first kappa shape index (κ1) is 24.0. The maximum atomic E-state index is 9.59. The third kappa shape index (κ3) is 3.64. The van der Waals surface area contributed by atoms with Crippen LogP contribution in [0.25, 0.3) is 75.8 Å². The molecule has 4 nitrogen and oxygen atoms in total.